The van der Waals surface area contributed by atoms with Crippen LogP contribution in [-0.2, 0) is 91.4 Å². The number of rotatable bonds is 37. The number of carboxylic acids is 1. The largest absolute Gasteiger partial charge is 0.479 e. The lowest BCUT2D eigenvalue weighted by molar-refractivity contribution is -0.365. The minimum atomic E-state index is -5.83. The van der Waals surface area contributed by atoms with Crippen molar-refractivity contribution in [3.63, 3.8) is 0 Å². The summed E-state index contributed by atoms with van der Waals surface area (Å²) in [7, 11) is -5.83. The van der Waals surface area contributed by atoms with Gasteiger partial charge in [-0.05, 0) is 37.5 Å². The molecular formula is C59H97N6O32P. The van der Waals surface area contributed by atoms with Gasteiger partial charge in [-0.1, -0.05) is 83.8 Å². The van der Waals surface area contributed by atoms with Crippen LogP contribution in [-0.4, -0.2) is 288 Å². The predicted molar refractivity (Wildman–Crippen MR) is 328 cm³/mol. The van der Waals surface area contributed by atoms with E-state index in [2.05, 4.69) is 17.6 Å². The van der Waals surface area contributed by atoms with Crippen LogP contribution in [0.4, 0.5) is 10.5 Å². The Bertz CT molecular complexity index is 2780. The fraction of sp³-hybridized carbons (Fsp3) is 0.797. The van der Waals surface area contributed by atoms with E-state index >= 15 is 0 Å². The van der Waals surface area contributed by atoms with Gasteiger partial charge in [0, 0.05) is 25.1 Å². The van der Waals surface area contributed by atoms with Gasteiger partial charge < -0.3 is 147 Å². The Morgan fingerprint density at radius 1 is 0.653 bits per heavy atom. The fourth-order valence-corrected chi connectivity index (χ4v) is 13.2. The molecule has 0 spiro atoms. The summed E-state index contributed by atoms with van der Waals surface area (Å²) < 4.78 is 82.0. The maximum Gasteiger partial charge on any atom is 0.474 e. The summed E-state index contributed by atoms with van der Waals surface area (Å²) in [6.45, 7) is 1.47. The Balaban J connectivity index is 1.25. The third kappa shape index (κ3) is 21.3. The molecule has 27 unspecified atom stereocenters. The summed E-state index contributed by atoms with van der Waals surface area (Å²) in [6.07, 6.45) is -38.8. The third-order valence-electron chi connectivity index (χ3n) is 17.7. The fourth-order valence-electron chi connectivity index (χ4n) is 12.4. The molecule has 1 saturated carbocycles. The number of aliphatic carboxylic acids is 1. The third-order valence-corrected chi connectivity index (χ3v) is 18.7. The van der Waals surface area contributed by atoms with Gasteiger partial charge in [-0.3, -0.25) is 28.2 Å². The number of hydrogen-bond donors (Lipinski definition) is 19. The van der Waals surface area contributed by atoms with Crippen LogP contribution < -0.4 is 33.6 Å². The SMILES string of the molecule is CCCCCCCCCCCCc1ccc(NCCO[C@H](COP(=O)(O)OC2OC(C(N)=O)C(C)(O)C(OC(N)=O)C2OC2OC(COC3OC(CO)C(O)C(O)C3O)C(OC3C(C)C(OC4OC(C(N)=O)C(O)C(O)C4O)C(C(N)=O)C(O)C3O)C(O)C2NC(C)=O)C(=O)O)cc1. The lowest BCUT2D eigenvalue weighted by Crippen LogP contribution is -2.72. The molecular weight excluding hydrogens is 1340 g/mol. The standard InChI is InChI=1S/C59H97N6O32P/c1-5-6-7-8-9-10-11-12-13-14-15-27-16-18-28(19-17-27)64-20-21-86-31(53(80)81)24-88-98(84,85)97-57-47(48(96-58(63)82)59(4,83)49(95-57)52(62)79)94-54-33(65-26(3)67)36(70)45(30(90-54)23-87-55-41(75)37(71)34(68)29(22-66)89-55)91-44-25(2)43(32(50(60)77)35(69)39(44)73)92-56-42(76)38(72)40(74)46(93-56)51(61)78/h16-19,25,29-49,54-57,64,66,68-76,83H,5-15,20-24H2,1-4H3,(H2,60,77)(H2,61,78)(H2,62,79)(H2,63,82)(H,65,67)(H,80,81)(H,84,85)/t25?,29?,30?,31-,32?,33?,34?,35?,36?,37?,38?,39?,40?,41?,42?,43?,44?,45?,46?,47?,48?,49?,54?,55?,56?,57?,59?/m1/s1. The molecule has 5 amide bonds. The van der Waals surface area contributed by atoms with E-state index < -0.39 is 228 Å². The molecule has 1 aromatic rings. The average molecular weight is 1430 g/mol. The highest BCUT2D eigenvalue weighted by molar-refractivity contribution is 7.47. The van der Waals surface area contributed by atoms with Crippen molar-refractivity contribution in [2.45, 2.75) is 251 Å². The number of unbranched alkanes of at least 4 members (excludes halogenated alkanes) is 9. The van der Waals surface area contributed by atoms with Gasteiger partial charge >= 0.3 is 19.9 Å². The average Bonchev–Trinajstić information content (AvgIpc) is 0.754. The first-order valence-electron chi connectivity index (χ1n) is 32.3. The Hall–Kier alpha value is -5.05. The van der Waals surface area contributed by atoms with E-state index in [1.54, 1.807) is 0 Å². The summed E-state index contributed by atoms with van der Waals surface area (Å²) in [4.78, 5) is 87.9. The second-order valence-corrected chi connectivity index (χ2v) is 26.5. The number of aliphatic hydroxyl groups is 11. The molecule has 38 nitrogen and oxygen atoms in total. The lowest BCUT2D eigenvalue weighted by atomic mass is 9.73. The van der Waals surface area contributed by atoms with E-state index in [0.717, 1.165) is 38.7 Å². The molecule has 39 heteroatoms. The maximum absolute atomic E-state index is 14.0. The second kappa shape index (κ2) is 37.2. The molecule has 4 saturated heterocycles. The van der Waals surface area contributed by atoms with Gasteiger partial charge in [0.25, 0.3) is 0 Å². The number of benzene rings is 1. The maximum atomic E-state index is 14.0. The Morgan fingerprint density at radius 3 is 1.82 bits per heavy atom. The molecule has 0 aromatic heterocycles. The number of hydrogen-bond acceptors (Lipinski definition) is 31. The number of nitrogens with two attached hydrogens (primary N) is 4. The molecule has 23 N–H and O–H groups in total. The quantitative estimate of drug-likeness (QED) is 0.0218. The molecule has 5 fully saturated rings. The molecule has 98 heavy (non-hydrogen) atoms. The first-order valence-corrected chi connectivity index (χ1v) is 33.7. The van der Waals surface area contributed by atoms with E-state index in [4.69, 9.17) is 79.4 Å². The summed E-state index contributed by atoms with van der Waals surface area (Å²) >= 11 is 0. The highest BCUT2D eigenvalue weighted by Crippen LogP contribution is 2.49. The van der Waals surface area contributed by atoms with Crippen LogP contribution in [0.2, 0.25) is 0 Å². The Kier molecular flexibility index (Phi) is 31.1. The van der Waals surface area contributed by atoms with E-state index in [9.17, 15) is 99.5 Å². The van der Waals surface area contributed by atoms with Crippen LogP contribution >= 0.6 is 7.82 Å². The van der Waals surface area contributed by atoms with E-state index in [0.29, 0.717) is 5.69 Å². The molecule has 0 bridgehead atoms. The summed E-state index contributed by atoms with van der Waals surface area (Å²) in [5.74, 6) is -10.5. The van der Waals surface area contributed by atoms with Gasteiger partial charge in [0.05, 0.1) is 50.7 Å². The van der Waals surface area contributed by atoms with Gasteiger partial charge in [-0.15, -0.1) is 0 Å². The zero-order valence-corrected chi connectivity index (χ0v) is 55.4. The van der Waals surface area contributed by atoms with Crippen molar-refractivity contribution in [3.8, 4) is 0 Å². The van der Waals surface area contributed by atoms with Crippen LogP contribution in [0.5, 0.6) is 0 Å². The predicted octanol–water partition coefficient (Wildman–Crippen LogP) is -5.71. The number of anilines is 1. The van der Waals surface area contributed by atoms with Crippen molar-refractivity contribution in [2.75, 3.05) is 38.3 Å². The summed E-state index contributed by atoms with van der Waals surface area (Å²) in [6, 6.07) is 5.47. The van der Waals surface area contributed by atoms with Gasteiger partial charge in [-0.25, -0.2) is 14.2 Å². The Labute approximate surface area is 562 Å². The molecule has 4 heterocycles. The van der Waals surface area contributed by atoms with Gasteiger partial charge in [0.1, 0.15) is 78.8 Å². The molecule has 28 atom stereocenters. The Morgan fingerprint density at radius 2 is 1.24 bits per heavy atom. The lowest BCUT2D eigenvalue weighted by Gasteiger charge is -2.52. The van der Waals surface area contributed by atoms with E-state index in [1.807, 2.05) is 24.3 Å². The number of aliphatic hydroxyl groups excluding tert-OH is 10. The smallest absolute Gasteiger partial charge is 0.474 e. The zero-order chi connectivity index (χ0) is 72.7. The van der Waals surface area contributed by atoms with Crippen molar-refractivity contribution in [3.05, 3.63) is 29.8 Å². The number of phosphoric acid groups is 1. The number of ether oxygens (including phenoxy) is 10. The van der Waals surface area contributed by atoms with E-state index in [1.165, 1.54) is 58.3 Å². The topological polar surface area (TPSA) is 621 Å². The number of nitrogens with one attached hydrogen (secondary N) is 2. The van der Waals surface area contributed by atoms with Crippen molar-refractivity contribution >= 4 is 49.2 Å². The molecule has 0 radical (unpaired) electrons. The van der Waals surface area contributed by atoms with Crippen LogP contribution in [0, 0.1) is 11.8 Å². The molecule has 5 aliphatic rings. The minimum Gasteiger partial charge on any atom is -0.479 e. The van der Waals surface area contributed by atoms with Crippen molar-refractivity contribution < 1.29 is 156 Å². The number of carbonyl (C=O) groups is 6. The molecule has 1 aliphatic carbocycles. The normalized spacial score (nSPS) is 37.6. The van der Waals surface area contributed by atoms with Crippen molar-refractivity contribution in [1.29, 1.82) is 0 Å². The van der Waals surface area contributed by atoms with Crippen molar-refractivity contribution in [2.24, 2.45) is 34.8 Å². The molecule has 560 valence electrons. The number of carbonyl (C=O) groups excluding carboxylic acids is 5. The first-order chi connectivity index (χ1) is 46.1. The number of carboxylic acid groups (broad SMARTS) is 1. The van der Waals surface area contributed by atoms with Crippen LogP contribution in [0.15, 0.2) is 24.3 Å². The van der Waals surface area contributed by atoms with Crippen LogP contribution in [0.3, 0.4) is 0 Å². The first kappa shape index (κ1) is 81.9. The number of primary amides is 4. The molecule has 6 rings (SSSR count). The van der Waals surface area contributed by atoms with Crippen LogP contribution in [0.1, 0.15) is 97.5 Å². The van der Waals surface area contributed by atoms with Crippen LogP contribution in [0.25, 0.3) is 0 Å². The van der Waals surface area contributed by atoms with E-state index in [-0.39, 0.29) is 13.2 Å². The van der Waals surface area contributed by atoms with Gasteiger partial charge in [0.15, 0.2) is 55.7 Å². The molecule has 1 aromatic carbocycles. The van der Waals surface area contributed by atoms with Crippen molar-refractivity contribution in [1.82, 2.24) is 5.32 Å². The minimum absolute atomic E-state index is 0.0324. The summed E-state index contributed by atoms with van der Waals surface area (Å²) in [5.41, 5.74) is 20.9. The number of phosphoric ester groups is 1. The highest BCUT2D eigenvalue weighted by Gasteiger charge is 2.63. The zero-order valence-electron chi connectivity index (χ0n) is 54.5. The summed E-state index contributed by atoms with van der Waals surface area (Å²) in [5, 5.41) is 137. The number of amides is 5. The number of aryl methyl sites for hydroxylation is 1. The molecule has 4 aliphatic heterocycles. The van der Waals surface area contributed by atoms with Gasteiger partial charge in [0.2, 0.25) is 23.6 Å². The highest BCUT2D eigenvalue weighted by atomic mass is 31.2. The van der Waals surface area contributed by atoms with Gasteiger partial charge in [-0.2, -0.15) is 0 Å². The second-order valence-electron chi connectivity index (χ2n) is 25.1. The monoisotopic (exact) mass is 1430 g/mol.